The van der Waals surface area contributed by atoms with Gasteiger partial charge in [0.25, 0.3) is 0 Å². The van der Waals surface area contributed by atoms with Crippen LogP contribution in [0, 0.1) is 10.8 Å². The molecule has 0 aromatic rings. The Hall–Kier alpha value is -0.0500. The van der Waals surface area contributed by atoms with Crippen LogP contribution in [0.15, 0.2) is 4.99 Å². The van der Waals surface area contributed by atoms with E-state index in [9.17, 15) is 8.42 Å². The fourth-order valence-electron chi connectivity index (χ4n) is 3.27. The lowest BCUT2D eigenvalue weighted by atomic mass is 9.67. The van der Waals surface area contributed by atoms with Crippen LogP contribution in [0.25, 0.3) is 0 Å². The van der Waals surface area contributed by atoms with Crippen LogP contribution >= 0.6 is 24.0 Å². The normalized spacial score (nSPS) is 21.8. The highest BCUT2D eigenvalue weighted by Gasteiger charge is 2.45. The molecule has 0 bridgehead atoms. The van der Waals surface area contributed by atoms with E-state index in [0.717, 1.165) is 31.9 Å². The van der Waals surface area contributed by atoms with Crippen LogP contribution in [0.5, 0.6) is 0 Å². The molecular weight excluding hydrogens is 425 g/mol. The van der Waals surface area contributed by atoms with Gasteiger partial charge in [-0.15, -0.1) is 24.0 Å². The lowest BCUT2D eigenvalue weighted by Crippen LogP contribution is -2.46. The molecule has 2 N–H and O–H groups in total. The number of nitrogens with zero attached hydrogens (tertiary/aromatic N) is 1. The first kappa shape index (κ1) is 21.0. The maximum Gasteiger partial charge on any atom is 0.191 e. The number of guanidine groups is 1. The summed E-state index contributed by atoms with van der Waals surface area (Å²) in [6.45, 7) is 6.71. The van der Waals surface area contributed by atoms with Gasteiger partial charge in [0.05, 0.1) is 5.75 Å². The summed E-state index contributed by atoms with van der Waals surface area (Å²) in [5.41, 5.74) is 0.342. The molecule has 0 spiro atoms. The summed E-state index contributed by atoms with van der Waals surface area (Å²) >= 11 is 0. The van der Waals surface area contributed by atoms with Crippen molar-refractivity contribution in [2.45, 2.75) is 52.4 Å². The molecule has 0 aliphatic heterocycles. The van der Waals surface area contributed by atoms with Gasteiger partial charge < -0.3 is 10.6 Å². The summed E-state index contributed by atoms with van der Waals surface area (Å²) in [5, 5.41) is 6.75. The Balaban J connectivity index is 0.00000264. The molecule has 0 atom stereocenters. The summed E-state index contributed by atoms with van der Waals surface area (Å²) < 4.78 is 23.0. The predicted molar refractivity (Wildman–Crippen MR) is 107 cm³/mol. The Morgan fingerprint density at radius 1 is 1.09 bits per heavy atom. The number of hydrogen-bond acceptors (Lipinski definition) is 3. The maximum absolute atomic E-state index is 11.5. The fourth-order valence-corrected chi connectivity index (χ4v) is 4.77. The minimum atomic E-state index is -2.92. The van der Waals surface area contributed by atoms with Crippen molar-refractivity contribution in [3.05, 3.63) is 0 Å². The molecule has 0 saturated heterocycles. The second-order valence-corrected chi connectivity index (χ2v) is 9.47. The van der Waals surface area contributed by atoms with Gasteiger partial charge in [-0.1, -0.05) is 13.3 Å². The molecule has 7 heteroatoms. The molecule has 2 aliphatic carbocycles. The van der Waals surface area contributed by atoms with E-state index >= 15 is 0 Å². The molecular formula is C16H32IN3O2S. The quantitative estimate of drug-likeness (QED) is 0.334. The maximum atomic E-state index is 11.5. The van der Waals surface area contributed by atoms with E-state index in [1.54, 1.807) is 0 Å². The van der Waals surface area contributed by atoms with Crippen LogP contribution in [-0.4, -0.2) is 46.0 Å². The van der Waals surface area contributed by atoms with Crippen LogP contribution in [0.1, 0.15) is 52.4 Å². The molecule has 0 radical (unpaired) electrons. The van der Waals surface area contributed by atoms with Crippen LogP contribution in [0.3, 0.4) is 0 Å². The van der Waals surface area contributed by atoms with Crippen LogP contribution in [0.2, 0.25) is 0 Å². The van der Waals surface area contributed by atoms with Gasteiger partial charge in [-0.2, -0.15) is 0 Å². The zero-order valence-electron chi connectivity index (χ0n) is 14.7. The van der Waals surface area contributed by atoms with E-state index in [0.29, 0.717) is 12.0 Å². The topological polar surface area (TPSA) is 70.6 Å². The van der Waals surface area contributed by atoms with Crippen molar-refractivity contribution < 1.29 is 8.42 Å². The number of nitrogens with one attached hydrogen (secondary N) is 2. The number of halogens is 1. The lowest BCUT2D eigenvalue weighted by Gasteiger charge is -2.41. The average Bonchev–Trinajstić information content (AvgIpc) is 3.13. The third-order valence-electron chi connectivity index (χ3n) is 5.24. The van der Waals surface area contributed by atoms with Gasteiger partial charge in [0.15, 0.2) is 5.96 Å². The minimum absolute atomic E-state index is 0. The third-order valence-corrected chi connectivity index (χ3v) is 6.37. The van der Waals surface area contributed by atoms with Crippen molar-refractivity contribution in [1.29, 1.82) is 0 Å². The van der Waals surface area contributed by atoms with E-state index in [1.165, 1.54) is 31.9 Å². The third kappa shape index (κ3) is 6.40. The molecule has 136 valence electrons. The number of rotatable bonds is 8. The Labute approximate surface area is 158 Å². The first-order valence-corrected chi connectivity index (χ1v) is 10.6. The standard InChI is InChI=1S/C16H31N3O2S.HI/c1-4-15(7-6-8-15)11-18-14(17-5-2)19-12-16(9-10-16)13-22(3,20)21;/h4-13H2,1-3H3,(H2,17,18,19);1H. The van der Waals surface area contributed by atoms with Crippen LogP contribution in [0.4, 0.5) is 0 Å². The van der Waals surface area contributed by atoms with Gasteiger partial charge >= 0.3 is 0 Å². The first-order chi connectivity index (χ1) is 10.3. The molecule has 2 fully saturated rings. The number of hydrogen-bond donors (Lipinski definition) is 2. The summed E-state index contributed by atoms with van der Waals surface area (Å²) in [7, 11) is -2.92. The SMILES string of the molecule is CCNC(=NCC1(CS(C)(=O)=O)CC1)NCC1(CC)CCC1.I. The molecule has 2 rings (SSSR count). The van der Waals surface area contributed by atoms with E-state index in [2.05, 4.69) is 29.5 Å². The van der Waals surface area contributed by atoms with Crippen molar-refractivity contribution in [2.75, 3.05) is 31.6 Å². The van der Waals surface area contributed by atoms with Crippen LogP contribution in [-0.2, 0) is 9.84 Å². The van der Waals surface area contributed by atoms with E-state index < -0.39 is 9.84 Å². The van der Waals surface area contributed by atoms with E-state index in [1.807, 2.05) is 0 Å². The van der Waals surface area contributed by atoms with Gasteiger partial charge in [-0.3, -0.25) is 4.99 Å². The summed E-state index contributed by atoms with van der Waals surface area (Å²) in [4.78, 5) is 4.66. The zero-order valence-corrected chi connectivity index (χ0v) is 17.8. The van der Waals surface area contributed by atoms with E-state index in [4.69, 9.17) is 0 Å². The number of aliphatic imine (C=N–C) groups is 1. The largest absolute Gasteiger partial charge is 0.357 e. The molecule has 23 heavy (non-hydrogen) atoms. The van der Waals surface area contributed by atoms with Gasteiger partial charge in [-0.05, 0) is 44.4 Å². The van der Waals surface area contributed by atoms with Gasteiger partial charge in [0, 0.05) is 31.3 Å². The second kappa shape index (κ2) is 8.36. The Morgan fingerprint density at radius 3 is 2.13 bits per heavy atom. The molecule has 0 amide bonds. The highest BCUT2D eigenvalue weighted by Crippen LogP contribution is 2.47. The molecule has 2 saturated carbocycles. The van der Waals surface area contributed by atoms with Crippen molar-refractivity contribution in [1.82, 2.24) is 10.6 Å². The first-order valence-electron chi connectivity index (χ1n) is 8.52. The zero-order chi connectivity index (χ0) is 16.3. The predicted octanol–water partition coefficient (Wildman–Crippen LogP) is 2.56. The van der Waals surface area contributed by atoms with Crippen molar-refractivity contribution in [3.63, 3.8) is 0 Å². The smallest absolute Gasteiger partial charge is 0.191 e. The highest BCUT2D eigenvalue weighted by molar-refractivity contribution is 14.0. The molecule has 0 unspecified atom stereocenters. The van der Waals surface area contributed by atoms with Crippen molar-refractivity contribution >= 4 is 39.8 Å². The van der Waals surface area contributed by atoms with Crippen LogP contribution < -0.4 is 10.6 Å². The monoisotopic (exact) mass is 457 g/mol. The molecule has 0 aromatic heterocycles. The Morgan fingerprint density at radius 2 is 1.74 bits per heavy atom. The number of sulfone groups is 1. The molecule has 5 nitrogen and oxygen atoms in total. The highest BCUT2D eigenvalue weighted by atomic mass is 127. The summed E-state index contributed by atoms with van der Waals surface area (Å²) in [6, 6.07) is 0. The molecule has 0 heterocycles. The molecule has 2 aliphatic rings. The Bertz CT molecular complexity index is 506. The second-order valence-electron chi connectivity index (χ2n) is 7.33. The average molecular weight is 457 g/mol. The van der Waals surface area contributed by atoms with Crippen molar-refractivity contribution in [2.24, 2.45) is 15.8 Å². The van der Waals surface area contributed by atoms with Crippen molar-refractivity contribution in [3.8, 4) is 0 Å². The summed E-state index contributed by atoms with van der Waals surface area (Å²) in [6.07, 6.45) is 8.41. The van der Waals surface area contributed by atoms with Gasteiger partial charge in [-0.25, -0.2) is 8.42 Å². The summed E-state index contributed by atoms with van der Waals surface area (Å²) in [5.74, 6) is 1.10. The minimum Gasteiger partial charge on any atom is -0.357 e. The lowest BCUT2D eigenvalue weighted by molar-refractivity contribution is 0.131. The molecule has 0 aromatic carbocycles. The van der Waals surface area contributed by atoms with Gasteiger partial charge in [0.1, 0.15) is 9.84 Å². The fraction of sp³-hybridized carbons (Fsp3) is 0.938. The Kier molecular flexibility index (Phi) is 7.63. The van der Waals surface area contributed by atoms with E-state index in [-0.39, 0.29) is 35.1 Å². The van der Waals surface area contributed by atoms with Gasteiger partial charge in [0.2, 0.25) is 0 Å².